The molecule has 0 aromatic heterocycles. The summed E-state index contributed by atoms with van der Waals surface area (Å²) in [5, 5.41) is 10.0. The molecule has 2 aliphatic carbocycles. The predicted octanol–water partition coefficient (Wildman–Crippen LogP) is 2.83. The number of aliphatic hydroxyl groups excluding tert-OH is 1. The van der Waals surface area contributed by atoms with Crippen LogP contribution in [0.2, 0.25) is 0 Å². The molecule has 0 amide bonds. The molecule has 1 heteroatoms. The highest BCUT2D eigenvalue weighted by atomic mass is 16.3. The normalized spacial score (nSPS) is 43.8. The monoisotopic (exact) mass is 182 g/mol. The highest BCUT2D eigenvalue weighted by molar-refractivity contribution is 5.03. The van der Waals surface area contributed by atoms with Crippen molar-refractivity contribution in [2.75, 3.05) is 0 Å². The molecule has 13 heavy (non-hydrogen) atoms. The van der Waals surface area contributed by atoms with Crippen LogP contribution in [-0.2, 0) is 0 Å². The Morgan fingerprint density at radius 3 is 2.54 bits per heavy atom. The van der Waals surface area contributed by atoms with E-state index in [2.05, 4.69) is 20.8 Å². The Labute approximate surface area is 81.5 Å². The van der Waals surface area contributed by atoms with Gasteiger partial charge < -0.3 is 5.11 Å². The van der Waals surface area contributed by atoms with Crippen LogP contribution in [0.3, 0.4) is 0 Å². The first-order chi connectivity index (χ1) is 6.07. The summed E-state index contributed by atoms with van der Waals surface area (Å²) in [5.41, 5.74) is 0.401. The van der Waals surface area contributed by atoms with Gasteiger partial charge in [0, 0.05) is 0 Å². The van der Waals surface area contributed by atoms with E-state index < -0.39 is 0 Å². The van der Waals surface area contributed by atoms with E-state index >= 15 is 0 Å². The van der Waals surface area contributed by atoms with E-state index in [0.29, 0.717) is 11.3 Å². The maximum absolute atomic E-state index is 10.0. The highest BCUT2D eigenvalue weighted by Crippen LogP contribution is 2.60. The molecule has 2 bridgehead atoms. The number of hydrogen-bond donors (Lipinski definition) is 1. The van der Waals surface area contributed by atoms with Gasteiger partial charge in [-0.3, -0.25) is 0 Å². The Morgan fingerprint density at radius 2 is 2.08 bits per heavy atom. The van der Waals surface area contributed by atoms with Gasteiger partial charge in [0.15, 0.2) is 0 Å². The second-order valence-corrected chi connectivity index (χ2v) is 5.59. The molecule has 2 rings (SSSR count). The van der Waals surface area contributed by atoms with Gasteiger partial charge in [-0.15, -0.1) is 0 Å². The maximum atomic E-state index is 10.0. The summed E-state index contributed by atoms with van der Waals surface area (Å²) < 4.78 is 0. The van der Waals surface area contributed by atoms with E-state index in [0.717, 1.165) is 18.3 Å². The van der Waals surface area contributed by atoms with Crippen molar-refractivity contribution in [3.8, 4) is 0 Å². The Balaban J connectivity index is 2.18. The zero-order chi connectivity index (χ0) is 9.64. The molecule has 0 radical (unpaired) electrons. The van der Waals surface area contributed by atoms with Gasteiger partial charge in [0.1, 0.15) is 0 Å². The van der Waals surface area contributed by atoms with Crippen molar-refractivity contribution in [3.63, 3.8) is 0 Å². The van der Waals surface area contributed by atoms with E-state index in [9.17, 15) is 5.11 Å². The molecule has 2 saturated carbocycles. The first kappa shape index (κ1) is 9.51. The van der Waals surface area contributed by atoms with Crippen molar-refractivity contribution in [1.82, 2.24) is 0 Å². The van der Waals surface area contributed by atoms with Gasteiger partial charge in [-0.2, -0.15) is 0 Å². The van der Waals surface area contributed by atoms with Crippen LogP contribution in [0, 0.1) is 23.2 Å². The average Bonchev–Trinajstić information content (AvgIpc) is 2.60. The van der Waals surface area contributed by atoms with Crippen molar-refractivity contribution in [2.24, 2.45) is 23.2 Å². The van der Waals surface area contributed by atoms with Gasteiger partial charge in [0.25, 0.3) is 0 Å². The zero-order valence-corrected chi connectivity index (χ0v) is 9.09. The minimum absolute atomic E-state index is 0.0506. The fourth-order valence-electron chi connectivity index (χ4n) is 3.96. The number of aliphatic hydroxyl groups is 1. The van der Waals surface area contributed by atoms with Crippen molar-refractivity contribution < 1.29 is 5.11 Å². The fourth-order valence-corrected chi connectivity index (χ4v) is 3.96. The van der Waals surface area contributed by atoms with Crippen LogP contribution < -0.4 is 0 Å². The minimum atomic E-state index is -0.0506. The van der Waals surface area contributed by atoms with Crippen molar-refractivity contribution >= 4 is 0 Å². The number of fused-ring (bicyclic) bond motifs is 2. The van der Waals surface area contributed by atoms with Gasteiger partial charge in [-0.1, -0.05) is 20.8 Å². The van der Waals surface area contributed by atoms with Gasteiger partial charge in [-0.05, 0) is 48.9 Å². The van der Waals surface area contributed by atoms with Gasteiger partial charge in [0.2, 0.25) is 0 Å². The van der Waals surface area contributed by atoms with Crippen LogP contribution in [0.4, 0.5) is 0 Å². The molecule has 2 aliphatic rings. The average molecular weight is 182 g/mol. The molecule has 0 spiro atoms. The summed E-state index contributed by atoms with van der Waals surface area (Å²) in [6.45, 7) is 6.83. The Hall–Kier alpha value is -0.0400. The SMILES string of the molecule is CC[C@H](O)[C@@H]1[C@H]2CC[C@@H](C2)C1(C)C. The Bertz CT molecular complexity index is 197. The molecule has 0 aromatic rings. The Morgan fingerprint density at radius 1 is 1.38 bits per heavy atom. The minimum Gasteiger partial charge on any atom is -0.393 e. The quantitative estimate of drug-likeness (QED) is 0.696. The highest BCUT2D eigenvalue weighted by Gasteiger charge is 2.54. The smallest absolute Gasteiger partial charge is 0.0573 e. The van der Waals surface area contributed by atoms with Crippen molar-refractivity contribution in [1.29, 1.82) is 0 Å². The van der Waals surface area contributed by atoms with Crippen LogP contribution in [-0.4, -0.2) is 11.2 Å². The van der Waals surface area contributed by atoms with Gasteiger partial charge >= 0.3 is 0 Å². The Kier molecular flexibility index (Phi) is 2.18. The number of rotatable bonds is 2. The van der Waals surface area contributed by atoms with Crippen LogP contribution in [0.5, 0.6) is 0 Å². The topological polar surface area (TPSA) is 20.2 Å². The molecule has 0 aliphatic heterocycles. The fraction of sp³-hybridized carbons (Fsp3) is 1.00. The number of hydrogen-bond acceptors (Lipinski definition) is 1. The van der Waals surface area contributed by atoms with Crippen LogP contribution >= 0.6 is 0 Å². The molecule has 2 fully saturated rings. The third-order valence-electron chi connectivity index (χ3n) is 4.73. The second kappa shape index (κ2) is 2.98. The van der Waals surface area contributed by atoms with Crippen LogP contribution in [0.15, 0.2) is 0 Å². The largest absolute Gasteiger partial charge is 0.393 e. The standard InChI is InChI=1S/C12H22O/c1-4-10(13)11-8-5-6-9(7-8)12(11,2)3/h8-11,13H,4-7H2,1-3H3/t8-,9-,10-,11-/m0/s1. The third-order valence-corrected chi connectivity index (χ3v) is 4.73. The molecule has 0 aromatic carbocycles. The van der Waals surface area contributed by atoms with E-state index in [1.54, 1.807) is 0 Å². The van der Waals surface area contributed by atoms with Crippen LogP contribution in [0.1, 0.15) is 46.5 Å². The van der Waals surface area contributed by atoms with E-state index in [1.165, 1.54) is 19.3 Å². The summed E-state index contributed by atoms with van der Waals surface area (Å²) >= 11 is 0. The lowest BCUT2D eigenvalue weighted by Crippen LogP contribution is -2.38. The van der Waals surface area contributed by atoms with Crippen molar-refractivity contribution in [2.45, 2.75) is 52.6 Å². The summed E-state index contributed by atoms with van der Waals surface area (Å²) in [7, 11) is 0. The molecule has 0 unspecified atom stereocenters. The molecule has 0 saturated heterocycles. The molecule has 1 nitrogen and oxygen atoms in total. The summed E-state index contributed by atoms with van der Waals surface area (Å²) in [5.74, 6) is 2.30. The lowest BCUT2D eigenvalue weighted by Gasteiger charge is -2.40. The third kappa shape index (κ3) is 1.24. The van der Waals surface area contributed by atoms with E-state index in [1.807, 2.05) is 0 Å². The van der Waals surface area contributed by atoms with Gasteiger partial charge in [-0.25, -0.2) is 0 Å². The second-order valence-electron chi connectivity index (χ2n) is 5.59. The lowest BCUT2D eigenvalue weighted by molar-refractivity contribution is -0.00394. The zero-order valence-electron chi connectivity index (χ0n) is 9.09. The molecule has 4 atom stereocenters. The first-order valence-electron chi connectivity index (χ1n) is 5.75. The first-order valence-corrected chi connectivity index (χ1v) is 5.75. The predicted molar refractivity (Wildman–Crippen MR) is 54.4 cm³/mol. The molecular weight excluding hydrogens is 160 g/mol. The summed E-state index contributed by atoms with van der Waals surface area (Å²) in [6, 6.07) is 0. The molecule has 1 N–H and O–H groups in total. The summed E-state index contributed by atoms with van der Waals surface area (Å²) in [4.78, 5) is 0. The molecule has 0 heterocycles. The van der Waals surface area contributed by atoms with E-state index in [4.69, 9.17) is 0 Å². The lowest BCUT2D eigenvalue weighted by atomic mass is 9.66. The molecule has 76 valence electrons. The van der Waals surface area contributed by atoms with Crippen molar-refractivity contribution in [3.05, 3.63) is 0 Å². The van der Waals surface area contributed by atoms with Crippen LogP contribution in [0.25, 0.3) is 0 Å². The maximum Gasteiger partial charge on any atom is 0.0573 e. The van der Waals surface area contributed by atoms with Gasteiger partial charge in [0.05, 0.1) is 6.10 Å². The summed E-state index contributed by atoms with van der Waals surface area (Å²) in [6.07, 6.45) is 5.04. The van der Waals surface area contributed by atoms with E-state index in [-0.39, 0.29) is 6.10 Å². The molecular formula is C12H22O.